The number of hydrogen-bond acceptors (Lipinski definition) is 4. The Labute approximate surface area is 133 Å². The Morgan fingerprint density at radius 1 is 1.36 bits per heavy atom. The molecule has 1 fully saturated rings. The number of methoxy groups -OCH3 is 1. The first-order chi connectivity index (χ1) is 10.6. The smallest absolute Gasteiger partial charge is 0.163 e. The number of nitrogens with zero attached hydrogens (tertiary/aromatic N) is 1. The van der Waals surface area contributed by atoms with Crippen molar-refractivity contribution in [3.63, 3.8) is 0 Å². The van der Waals surface area contributed by atoms with Gasteiger partial charge in [-0.05, 0) is 63.0 Å². The number of nitrogens with one attached hydrogen (secondary N) is 1. The highest BCUT2D eigenvalue weighted by Gasteiger charge is 2.16. The van der Waals surface area contributed by atoms with E-state index >= 15 is 0 Å². The summed E-state index contributed by atoms with van der Waals surface area (Å²) in [6, 6.07) is 5.58. The van der Waals surface area contributed by atoms with Crippen LogP contribution in [0.4, 0.5) is 5.69 Å². The van der Waals surface area contributed by atoms with E-state index in [-0.39, 0.29) is 5.78 Å². The Bertz CT molecular complexity index is 494. The number of ketones is 1. The molecule has 1 aromatic carbocycles. The van der Waals surface area contributed by atoms with Crippen LogP contribution in [0.5, 0.6) is 5.75 Å². The standard InChI is InChI=1S/C18H28N2O2/c1-14-8-11-20(12-9-14)10-4-5-17(21)15-6-7-18(22-3)16(13-15)19-2/h6-7,13-14,19H,4-5,8-12H2,1-3H3. The zero-order valence-electron chi connectivity index (χ0n) is 14.0. The molecule has 1 aliphatic heterocycles. The third-order valence-corrected chi connectivity index (χ3v) is 4.55. The first-order valence-corrected chi connectivity index (χ1v) is 8.25. The van der Waals surface area contributed by atoms with Gasteiger partial charge in [0, 0.05) is 19.0 Å². The van der Waals surface area contributed by atoms with Gasteiger partial charge in [-0.1, -0.05) is 6.92 Å². The Morgan fingerprint density at radius 2 is 2.09 bits per heavy atom. The fourth-order valence-corrected chi connectivity index (χ4v) is 2.97. The van der Waals surface area contributed by atoms with Crippen molar-refractivity contribution in [2.75, 3.05) is 39.1 Å². The van der Waals surface area contributed by atoms with Gasteiger partial charge in [-0.15, -0.1) is 0 Å². The summed E-state index contributed by atoms with van der Waals surface area (Å²) in [6.07, 6.45) is 4.13. The largest absolute Gasteiger partial charge is 0.495 e. The van der Waals surface area contributed by atoms with Crippen molar-refractivity contribution in [2.45, 2.75) is 32.6 Å². The third-order valence-electron chi connectivity index (χ3n) is 4.55. The maximum atomic E-state index is 12.3. The number of carbonyl (C=O) groups is 1. The van der Waals surface area contributed by atoms with Crippen LogP contribution < -0.4 is 10.1 Å². The first kappa shape index (κ1) is 16.8. The summed E-state index contributed by atoms with van der Waals surface area (Å²) in [6.45, 7) is 5.72. The van der Waals surface area contributed by atoms with Crippen molar-refractivity contribution in [3.8, 4) is 5.75 Å². The molecule has 0 aliphatic carbocycles. The summed E-state index contributed by atoms with van der Waals surface area (Å²) < 4.78 is 5.26. The van der Waals surface area contributed by atoms with E-state index in [0.717, 1.165) is 35.9 Å². The molecule has 1 aromatic rings. The lowest BCUT2D eigenvalue weighted by molar-refractivity contribution is 0.0971. The number of carbonyl (C=O) groups excluding carboxylic acids is 1. The second kappa shape index (κ2) is 8.18. The molecule has 0 spiro atoms. The lowest BCUT2D eigenvalue weighted by Gasteiger charge is -2.30. The fraction of sp³-hybridized carbons (Fsp3) is 0.611. The quantitative estimate of drug-likeness (QED) is 0.784. The van der Waals surface area contributed by atoms with E-state index in [9.17, 15) is 4.79 Å². The summed E-state index contributed by atoms with van der Waals surface area (Å²) in [5.74, 6) is 1.84. The Hall–Kier alpha value is -1.55. The Morgan fingerprint density at radius 3 is 2.73 bits per heavy atom. The van der Waals surface area contributed by atoms with Crippen molar-refractivity contribution >= 4 is 11.5 Å². The highest BCUT2D eigenvalue weighted by atomic mass is 16.5. The average molecular weight is 304 g/mol. The van der Waals surface area contributed by atoms with E-state index in [1.807, 2.05) is 25.2 Å². The van der Waals surface area contributed by atoms with E-state index in [1.54, 1.807) is 7.11 Å². The molecule has 2 rings (SSSR count). The van der Waals surface area contributed by atoms with Crippen molar-refractivity contribution in [3.05, 3.63) is 23.8 Å². The van der Waals surface area contributed by atoms with Gasteiger partial charge in [-0.25, -0.2) is 0 Å². The van der Waals surface area contributed by atoms with Gasteiger partial charge in [0.2, 0.25) is 0 Å². The van der Waals surface area contributed by atoms with Crippen molar-refractivity contribution in [1.29, 1.82) is 0 Å². The maximum Gasteiger partial charge on any atom is 0.163 e. The molecule has 0 saturated carbocycles. The van der Waals surface area contributed by atoms with Gasteiger partial charge >= 0.3 is 0 Å². The van der Waals surface area contributed by atoms with Gasteiger partial charge in [0.25, 0.3) is 0 Å². The van der Waals surface area contributed by atoms with Crippen LogP contribution in [0.25, 0.3) is 0 Å². The van der Waals surface area contributed by atoms with Crippen LogP contribution in [0.2, 0.25) is 0 Å². The number of Topliss-reactive ketones (excluding diaryl/α,β-unsaturated/α-hetero) is 1. The molecule has 0 unspecified atom stereocenters. The summed E-state index contributed by atoms with van der Waals surface area (Å²) in [4.78, 5) is 14.8. The number of benzene rings is 1. The number of likely N-dealkylation sites (tertiary alicyclic amines) is 1. The molecule has 0 aromatic heterocycles. The molecule has 1 N–H and O–H groups in total. The van der Waals surface area contributed by atoms with Crippen molar-refractivity contribution in [2.24, 2.45) is 5.92 Å². The van der Waals surface area contributed by atoms with E-state index in [1.165, 1.54) is 25.9 Å². The normalized spacial score (nSPS) is 16.5. The minimum atomic E-state index is 0.213. The van der Waals surface area contributed by atoms with Crippen LogP contribution >= 0.6 is 0 Å². The molecule has 22 heavy (non-hydrogen) atoms. The van der Waals surface area contributed by atoms with Gasteiger partial charge in [-0.3, -0.25) is 4.79 Å². The van der Waals surface area contributed by atoms with E-state index in [4.69, 9.17) is 4.74 Å². The molecule has 1 aliphatic rings. The summed E-state index contributed by atoms with van der Waals surface area (Å²) in [5.41, 5.74) is 1.62. The SMILES string of the molecule is CNc1cc(C(=O)CCCN2CCC(C)CC2)ccc1OC. The summed E-state index contributed by atoms with van der Waals surface area (Å²) >= 11 is 0. The molecule has 0 bridgehead atoms. The first-order valence-electron chi connectivity index (χ1n) is 8.25. The van der Waals surface area contributed by atoms with Crippen LogP contribution in [0.3, 0.4) is 0 Å². The number of ether oxygens (including phenoxy) is 1. The van der Waals surface area contributed by atoms with Crippen molar-refractivity contribution in [1.82, 2.24) is 4.90 Å². The monoisotopic (exact) mass is 304 g/mol. The molecular formula is C18H28N2O2. The molecule has 0 radical (unpaired) electrons. The van der Waals surface area contributed by atoms with Gasteiger partial charge in [0.05, 0.1) is 12.8 Å². The molecule has 4 nitrogen and oxygen atoms in total. The predicted molar refractivity (Wildman–Crippen MR) is 90.9 cm³/mol. The molecule has 4 heteroatoms. The van der Waals surface area contributed by atoms with E-state index in [2.05, 4.69) is 17.1 Å². The average Bonchev–Trinajstić information content (AvgIpc) is 2.55. The predicted octanol–water partition coefficient (Wildman–Crippen LogP) is 3.43. The molecule has 0 atom stereocenters. The summed E-state index contributed by atoms with van der Waals surface area (Å²) in [5, 5.41) is 3.07. The molecule has 1 saturated heterocycles. The topological polar surface area (TPSA) is 41.6 Å². The fourth-order valence-electron chi connectivity index (χ4n) is 2.97. The number of rotatable bonds is 7. The lowest BCUT2D eigenvalue weighted by atomic mass is 9.99. The molecule has 122 valence electrons. The maximum absolute atomic E-state index is 12.3. The van der Waals surface area contributed by atoms with Crippen LogP contribution in [0.1, 0.15) is 43.0 Å². The van der Waals surface area contributed by atoms with Gasteiger partial charge in [0.1, 0.15) is 5.75 Å². The van der Waals surface area contributed by atoms with Gasteiger partial charge in [0.15, 0.2) is 5.78 Å². The van der Waals surface area contributed by atoms with E-state index in [0.29, 0.717) is 6.42 Å². The number of hydrogen-bond donors (Lipinski definition) is 1. The van der Waals surface area contributed by atoms with Crippen molar-refractivity contribution < 1.29 is 9.53 Å². The number of piperidine rings is 1. The zero-order valence-corrected chi connectivity index (χ0v) is 14.0. The Kier molecular flexibility index (Phi) is 6.25. The molecule has 1 heterocycles. The van der Waals surface area contributed by atoms with Gasteiger partial charge in [-0.2, -0.15) is 0 Å². The minimum Gasteiger partial charge on any atom is -0.495 e. The lowest BCUT2D eigenvalue weighted by Crippen LogP contribution is -2.33. The van der Waals surface area contributed by atoms with Crippen LogP contribution in [0, 0.1) is 5.92 Å². The van der Waals surface area contributed by atoms with Crippen LogP contribution in [-0.4, -0.2) is 44.5 Å². The van der Waals surface area contributed by atoms with Gasteiger partial charge < -0.3 is 15.0 Å². The highest BCUT2D eigenvalue weighted by molar-refractivity contribution is 5.97. The Balaban J connectivity index is 1.82. The molecular weight excluding hydrogens is 276 g/mol. The second-order valence-electron chi connectivity index (χ2n) is 6.22. The second-order valence-corrected chi connectivity index (χ2v) is 6.22. The zero-order chi connectivity index (χ0) is 15.9. The van der Waals surface area contributed by atoms with Crippen LogP contribution in [-0.2, 0) is 0 Å². The summed E-state index contributed by atoms with van der Waals surface area (Å²) in [7, 11) is 3.47. The highest BCUT2D eigenvalue weighted by Crippen LogP contribution is 2.25. The third kappa shape index (κ3) is 4.47. The molecule has 0 amide bonds. The minimum absolute atomic E-state index is 0.213. The van der Waals surface area contributed by atoms with Crippen LogP contribution in [0.15, 0.2) is 18.2 Å². The van der Waals surface area contributed by atoms with E-state index < -0.39 is 0 Å². The number of anilines is 1.